The number of nitrogens with one attached hydrogen (secondary N) is 2. The largest absolute Gasteiger partial charge is 0.355 e. The molecule has 1 amide bonds. The number of aromatic amines is 1. The molecule has 0 aliphatic heterocycles. The summed E-state index contributed by atoms with van der Waals surface area (Å²) < 4.78 is 0. The topological polar surface area (TPSA) is 57.8 Å². The van der Waals surface area contributed by atoms with Gasteiger partial charge in [-0.15, -0.1) is 0 Å². The number of hydrogen-bond donors (Lipinski definition) is 2. The fourth-order valence-corrected chi connectivity index (χ4v) is 2.32. The highest BCUT2D eigenvalue weighted by atomic mass is 16.2. The molecule has 0 radical (unpaired) electrons. The molecule has 2 N–H and O–H groups in total. The van der Waals surface area contributed by atoms with E-state index in [1.807, 2.05) is 57.3 Å². The molecule has 1 aromatic carbocycles. The SMILES string of the molecule is Cc1[nH]ncc1CCCNC(=O)C(C)(C)c1ccccc1. The summed E-state index contributed by atoms with van der Waals surface area (Å²) in [5.41, 5.74) is 2.85. The minimum Gasteiger partial charge on any atom is -0.355 e. The number of aryl methyl sites for hydroxylation is 2. The number of H-pyrrole nitrogens is 1. The van der Waals surface area contributed by atoms with Crippen molar-refractivity contribution in [3.8, 4) is 0 Å². The summed E-state index contributed by atoms with van der Waals surface area (Å²) >= 11 is 0. The Morgan fingerprint density at radius 1 is 1.29 bits per heavy atom. The molecule has 1 aromatic heterocycles. The molecule has 1 heterocycles. The maximum Gasteiger partial charge on any atom is 0.230 e. The Bertz CT molecular complexity index is 587. The van der Waals surface area contributed by atoms with E-state index in [9.17, 15) is 4.79 Å². The van der Waals surface area contributed by atoms with Crippen LogP contribution in [0, 0.1) is 6.92 Å². The van der Waals surface area contributed by atoms with Crippen molar-refractivity contribution in [2.75, 3.05) is 6.54 Å². The average Bonchev–Trinajstić information content (AvgIpc) is 2.89. The first kappa shape index (κ1) is 15.3. The first-order chi connectivity index (χ1) is 10.0. The number of nitrogens with zero attached hydrogens (tertiary/aromatic N) is 1. The van der Waals surface area contributed by atoms with E-state index in [0.717, 1.165) is 24.1 Å². The van der Waals surface area contributed by atoms with Crippen LogP contribution >= 0.6 is 0 Å². The van der Waals surface area contributed by atoms with Crippen molar-refractivity contribution < 1.29 is 4.79 Å². The second-order valence-corrected chi connectivity index (χ2v) is 5.87. The number of carbonyl (C=O) groups excluding carboxylic acids is 1. The summed E-state index contributed by atoms with van der Waals surface area (Å²) in [4.78, 5) is 12.4. The Morgan fingerprint density at radius 2 is 2.00 bits per heavy atom. The summed E-state index contributed by atoms with van der Waals surface area (Å²) in [7, 11) is 0. The number of benzene rings is 1. The highest BCUT2D eigenvalue weighted by Gasteiger charge is 2.28. The third kappa shape index (κ3) is 3.72. The molecule has 0 aliphatic rings. The second kappa shape index (κ2) is 6.57. The van der Waals surface area contributed by atoms with Crippen LogP contribution in [-0.2, 0) is 16.6 Å². The second-order valence-electron chi connectivity index (χ2n) is 5.87. The van der Waals surface area contributed by atoms with Crippen LogP contribution in [-0.4, -0.2) is 22.6 Å². The molecule has 0 aliphatic carbocycles. The van der Waals surface area contributed by atoms with Gasteiger partial charge in [0.2, 0.25) is 5.91 Å². The predicted molar refractivity (Wildman–Crippen MR) is 84.1 cm³/mol. The van der Waals surface area contributed by atoms with Gasteiger partial charge < -0.3 is 5.32 Å². The molecule has 0 spiro atoms. The van der Waals surface area contributed by atoms with Gasteiger partial charge in [-0.2, -0.15) is 5.10 Å². The molecule has 21 heavy (non-hydrogen) atoms. The number of carbonyl (C=O) groups is 1. The van der Waals surface area contributed by atoms with Crippen LogP contribution in [0.1, 0.15) is 37.1 Å². The van der Waals surface area contributed by atoms with E-state index in [0.29, 0.717) is 6.54 Å². The number of hydrogen-bond acceptors (Lipinski definition) is 2. The van der Waals surface area contributed by atoms with Crippen LogP contribution in [0.25, 0.3) is 0 Å². The van der Waals surface area contributed by atoms with E-state index < -0.39 is 5.41 Å². The Morgan fingerprint density at radius 3 is 2.62 bits per heavy atom. The zero-order chi connectivity index (χ0) is 15.3. The van der Waals surface area contributed by atoms with Gasteiger partial charge in [-0.25, -0.2) is 0 Å². The number of rotatable bonds is 6. The fraction of sp³-hybridized carbons (Fsp3) is 0.412. The molecule has 0 saturated carbocycles. The smallest absolute Gasteiger partial charge is 0.230 e. The molecule has 4 nitrogen and oxygen atoms in total. The molecule has 0 bridgehead atoms. The Balaban J connectivity index is 1.83. The molecule has 2 aromatic rings. The zero-order valence-electron chi connectivity index (χ0n) is 12.9. The van der Waals surface area contributed by atoms with Crippen molar-refractivity contribution in [2.45, 2.75) is 39.0 Å². The number of amides is 1. The first-order valence-corrected chi connectivity index (χ1v) is 7.34. The van der Waals surface area contributed by atoms with Gasteiger partial charge in [-0.1, -0.05) is 30.3 Å². The minimum absolute atomic E-state index is 0.0672. The minimum atomic E-state index is -0.507. The molecule has 0 unspecified atom stereocenters. The third-order valence-electron chi connectivity index (χ3n) is 3.91. The maximum absolute atomic E-state index is 12.4. The van der Waals surface area contributed by atoms with Gasteiger partial charge in [-0.3, -0.25) is 9.89 Å². The van der Waals surface area contributed by atoms with E-state index in [1.165, 1.54) is 5.56 Å². The number of aromatic nitrogens is 2. The van der Waals surface area contributed by atoms with E-state index >= 15 is 0 Å². The van der Waals surface area contributed by atoms with Gasteiger partial charge >= 0.3 is 0 Å². The van der Waals surface area contributed by atoms with Crippen LogP contribution in [0.15, 0.2) is 36.5 Å². The Hall–Kier alpha value is -2.10. The fourth-order valence-electron chi connectivity index (χ4n) is 2.32. The Labute approximate surface area is 126 Å². The van der Waals surface area contributed by atoms with Crippen LogP contribution in [0.4, 0.5) is 0 Å². The molecular formula is C17H23N3O. The molecule has 4 heteroatoms. The maximum atomic E-state index is 12.4. The van der Waals surface area contributed by atoms with Crippen LogP contribution in [0.5, 0.6) is 0 Å². The van der Waals surface area contributed by atoms with Crippen molar-refractivity contribution in [1.82, 2.24) is 15.5 Å². The van der Waals surface area contributed by atoms with Gasteiger partial charge in [-0.05, 0) is 44.7 Å². The molecule has 0 fully saturated rings. The van der Waals surface area contributed by atoms with Gasteiger partial charge in [0.1, 0.15) is 0 Å². The van der Waals surface area contributed by atoms with Gasteiger partial charge in [0.25, 0.3) is 0 Å². The van der Waals surface area contributed by atoms with Crippen molar-refractivity contribution in [2.24, 2.45) is 0 Å². The summed E-state index contributed by atoms with van der Waals surface area (Å²) in [6, 6.07) is 9.88. The average molecular weight is 285 g/mol. The standard InChI is InChI=1S/C17H23N3O/c1-13-14(12-19-20-13)8-7-11-18-16(21)17(2,3)15-9-5-4-6-10-15/h4-6,9-10,12H,7-8,11H2,1-3H3,(H,18,21)(H,19,20). The quantitative estimate of drug-likeness (QED) is 0.802. The Kier molecular flexibility index (Phi) is 4.78. The van der Waals surface area contributed by atoms with Crippen molar-refractivity contribution in [1.29, 1.82) is 0 Å². The lowest BCUT2D eigenvalue weighted by Crippen LogP contribution is -2.40. The van der Waals surface area contributed by atoms with Crippen molar-refractivity contribution in [3.05, 3.63) is 53.3 Å². The molecule has 112 valence electrons. The molecule has 0 atom stereocenters. The van der Waals surface area contributed by atoms with Gasteiger partial charge in [0, 0.05) is 12.2 Å². The van der Waals surface area contributed by atoms with Crippen LogP contribution < -0.4 is 5.32 Å². The molecule has 0 saturated heterocycles. The van der Waals surface area contributed by atoms with Crippen LogP contribution in [0.3, 0.4) is 0 Å². The molecular weight excluding hydrogens is 262 g/mol. The lowest BCUT2D eigenvalue weighted by Gasteiger charge is -2.24. The van der Waals surface area contributed by atoms with Crippen LogP contribution in [0.2, 0.25) is 0 Å². The van der Waals surface area contributed by atoms with E-state index in [1.54, 1.807) is 0 Å². The summed E-state index contributed by atoms with van der Waals surface area (Å²) in [5.74, 6) is 0.0672. The van der Waals surface area contributed by atoms with Gasteiger partial charge in [0.05, 0.1) is 11.6 Å². The third-order valence-corrected chi connectivity index (χ3v) is 3.91. The lowest BCUT2D eigenvalue weighted by molar-refractivity contribution is -0.125. The summed E-state index contributed by atoms with van der Waals surface area (Å²) in [6.07, 6.45) is 3.69. The molecule has 2 rings (SSSR count). The van der Waals surface area contributed by atoms with Crippen molar-refractivity contribution >= 4 is 5.91 Å². The van der Waals surface area contributed by atoms with Crippen molar-refractivity contribution in [3.63, 3.8) is 0 Å². The summed E-state index contributed by atoms with van der Waals surface area (Å²) in [5, 5.41) is 9.96. The highest BCUT2D eigenvalue weighted by Crippen LogP contribution is 2.22. The van der Waals surface area contributed by atoms with Gasteiger partial charge in [0.15, 0.2) is 0 Å². The predicted octanol–water partition coefficient (Wildman–Crippen LogP) is 2.74. The van der Waals surface area contributed by atoms with E-state index in [2.05, 4.69) is 15.5 Å². The first-order valence-electron chi connectivity index (χ1n) is 7.34. The normalized spacial score (nSPS) is 11.4. The summed E-state index contributed by atoms with van der Waals surface area (Å²) in [6.45, 7) is 6.61. The van der Waals surface area contributed by atoms with E-state index in [-0.39, 0.29) is 5.91 Å². The van der Waals surface area contributed by atoms with E-state index in [4.69, 9.17) is 0 Å². The highest BCUT2D eigenvalue weighted by molar-refractivity contribution is 5.87. The lowest BCUT2D eigenvalue weighted by atomic mass is 9.84. The zero-order valence-corrected chi connectivity index (χ0v) is 12.9. The monoisotopic (exact) mass is 285 g/mol.